The highest BCUT2D eigenvalue weighted by atomic mass is 32.2. The van der Waals surface area contributed by atoms with Crippen molar-refractivity contribution in [1.29, 1.82) is 0 Å². The molecule has 0 unspecified atom stereocenters. The monoisotopic (exact) mass is 498 g/mol. The number of aliphatic carboxylic acids is 1. The smallest absolute Gasteiger partial charge is 0.475 e. The number of halogens is 3. The van der Waals surface area contributed by atoms with Gasteiger partial charge in [-0.05, 0) is 53.7 Å². The molecule has 2 aromatic heterocycles. The third-order valence-electron chi connectivity index (χ3n) is 4.97. The van der Waals surface area contributed by atoms with Crippen molar-refractivity contribution in [2.45, 2.75) is 6.18 Å². The van der Waals surface area contributed by atoms with E-state index in [9.17, 15) is 18.0 Å². The van der Waals surface area contributed by atoms with E-state index >= 15 is 0 Å². The van der Waals surface area contributed by atoms with Crippen molar-refractivity contribution in [2.75, 3.05) is 5.32 Å². The molecular formula is C24H17F3N4O3S. The second kappa shape index (κ2) is 9.63. The number of aliphatic imine (C=N–C) groups is 1. The maximum absolute atomic E-state index is 12.4. The van der Waals surface area contributed by atoms with E-state index in [0.29, 0.717) is 10.1 Å². The SMILES string of the molecule is Cn1c(NC2=NC(=O)C(=Cc3ccc4ncccc4c3)S2)cc2ccccc21.O=C(O)C(F)(F)F. The standard InChI is InChI=1S/C22H16N4OS.C2HF3O2/c1-26-18-7-3-2-5-16(18)13-20(26)24-22-25-21(27)19(28-22)12-14-8-9-17-15(11-14)6-4-10-23-17;3-2(4,5)1(6)7/h2-13H,1H3,(H,24,25,27);(H,6,7). The van der Waals surface area contributed by atoms with Crippen molar-refractivity contribution < 1.29 is 27.9 Å². The van der Waals surface area contributed by atoms with Crippen LogP contribution in [0.2, 0.25) is 0 Å². The molecule has 0 radical (unpaired) electrons. The summed E-state index contributed by atoms with van der Waals surface area (Å²) in [7, 11) is 1.99. The number of anilines is 1. The van der Waals surface area contributed by atoms with E-state index in [-0.39, 0.29) is 5.91 Å². The number of nitrogens with zero attached hydrogens (tertiary/aromatic N) is 3. The molecule has 0 atom stereocenters. The maximum Gasteiger partial charge on any atom is 0.490 e. The number of nitrogens with one attached hydrogen (secondary N) is 1. The first kappa shape index (κ1) is 24.0. The van der Waals surface area contributed by atoms with Gasteiger partial charge in [0.2, 0.25) is 0 Å². The van der Waals surface area contributed by atoms with Crippen LogP contribution in [0.15, 0.2) is 76.8 Å². The summed E-state index contributed by atoms with van der Waals surface area (Å²) in [5.41, 5.74) is 3.02. The van der Waals surface area contributed by atoms with Crippen LogP contribution in [0.4, 0.5) is 19.0 Å². The predicted octanol–water partition coefficient (Wildman–Crippen LogP) is 5.44. The van der Waals surface area contributed by atoms with Crippen molar-refractivity contribution in [2.24, 2.45) is 12.0 Å². The van der Waals surface area contributed by atoms with Gasteiger partial charge in [0, 0.05) is 29.5 Å². The largest absolute Gasteiger partial charge is 0.490 e. The number of amides is 1. The van der Waals surface area contributed by atoms with Crippen LogP contribution in [0, 0.1) is 0 Å². The number of carbonyl (C=O) groups excluding carboxylic acids is 1. The Hall–Kier alpha value is -4.12. The Morgan fingerprint density at radius 3 is 2.51 bits per heavy atom. The van der Waals surface area contributed by atoms with Crippen LogP contribution >= 0.6 is 11.8 Å². The molecule has 0 aliphatic carbocycles. The predicted molar refractivity (Wildman–Crippen MR) is 130 cm³/mol. The number of rotatable bonds is 2. The molecule has 0 bridgehead atoms. The van der Waals surface area contributed by atoms with Crippen LogP contribution in [-0.4, -0.2) is 37.9 Å². The molecule has 3 heterocycles. The van der Waals surface area contributed by atoms with Crippen LogP contribution in [0.25, 0.3) is 27.9 Å². The molecule has 0 spiro atoms. The van der Waals surface area contributed by atoms with Gasteiger partial charge in [-0.3, -0.25) is 9.78 Å². The van der Waals surface area contributed by atoms with Crippen molar-refractivity contribution in [3.63, 3.8) is 0 Å². The minimum absolute atomic E-state index is 0.224. The van der Waals surface area contributed by atoms with E-state index in [1.54, 1.807) is 6.20 Å². The second-order valence-corrected chi connectivity index (χ2v) is 8.39. The number of alkyl halides is 3. The summed E-state index contributed by atoms with van der Waals surface area (Å²) in [4.78, 5) is 30.4. The van der Waals surface area contributed by atoms with Gasteiger partial charge in [-0.15, -0.1) is 0 Å². The van der Waals surface area contributed by atoms with Gasteiger partial charge < -0.3 is 15.0 Å². The average molecular weight is 498 g/mol. The van der Waals surface area contributed by atoms with E-state index in [4.69, 9.17) is 9.90 Å². The van der Waals surface area contributed by atoms with Crippen LogP contribution < -0.4 is 5.32 Å². The summed E-state index contributed by atoms with van der Waals surface area (Å²) >= 11 is 1.35. The van der Waals surface area contributed by atoms with E-state index in [2.05, 4.69) is 38.1 Å². The number of amidine groups is 1. The fourth-order valence-electron chi connectivity index (χ4n) is 3.32. The Labute approximate surface area is 201 Å². The fraction of sp³-hybridized carbons (Fsp3) is 0.0833. The lowest BCUT2D eigenvalue weighted by Gasteiger charge is -2.06. The molecule has 11 heteroatoms. The molecule has 7 nitrogen and oxygen atoms in total. The molecule has 2 aromatic carbocycles. The zero-order valence-electron chi connectivity index (χ0n) is 18.1. The molecule has 1 aliphatic rings. The van der Waals surface area contributed by atoms with Crippen molar-refractivity contribution in [1.82, 2.24) is 9.55 Å². The van der Waals surface area contributed by atoms with Gasteiger partial charge in [-0.1, -0.05) is 30.3 Å². The second-order valence-electron chi connectivity index (χ2n) is 7.36. The van der Waals surface area contributed by atoms with Gasteiger partial charge in [0.05, 0.1) is 10.4 Å². The average Bonchev–Trinajstić information content (AvgIpc) is 3.32. The molecule has 0 fully saturated rings. The number of para-hydroxylation sites is 1. The Morgan fingerprint density at radius 2 is 1.80 bits per heavy atom. The van der Waals surface area contributed by atoms with Gasteiger partial charge >= 0.3 is 12.1 Å². The number of aromatic nitrogens is 2. The topological polar surface area (TPSA) is 96.6 Å². The number of fused-ring (bicyclic) bond motifs is 2. The Balaban J connectivity index is 0.000000364. The number of benzene rings is 2. The highest BCUT2D eigenvalue weighted by Crippen LogP contribution is 2.31. The molecule has 178 valence electrons. The minimum atomic E-state index is -5.08. The quantitative estimate of drug-likeness (QED) is 0.357. The highest BCUT2D eigenvalue weighted by Gasteiger charge is 2.38. The Kier molecular flexibility index (Phi) is 6.61. The first-order valence-electron chi connectivity index (χ1n) is 10.1. The minimum Gasteiger partial charge on any atom is -0.475 e. The van der Waals surface area contributed by atoms with Crippen molar-refractivity contribution in [3.8, 4) is 0 Å². The van der Waals surface area contributed by atoms with Crippen LogP contribution in [0.3, 0.4) is 0 Å². The maximum atomic E-state index is 12.4. The van der Waals surface area contributed by atoms with Gasteiger partial charge in [0.25, 0.3) is 5.91 Å². The number of pyridine rings is 1. The third-order valence-corrected chi connectivity index (χ3v) is 5.87. The zero-order valence-corrected chi connectivity index (χ0v) is 18.9. The number of carboxylic acids is 1. The molecule has 5 rings (SSSR count). The molecule has 4 aromatic rings. The van der Waals surface area contributed by atoms with Crippen molar-refractivity contribution in [3.05, 3.63) is 77.3 Å². The van der Waals surface area contributed by atoms with Gasteiger partial charge in [-0.2, -0.15) is 18.2 Å². The number of carbonyl (C=O) groups is 2. The van der Waals surface area contributed by atoms with Crippen LogP contribution in [-0.2, 0) is 16.6 Å². The molecular weight excluding hydrogens is 481 g/mol. The van der Waals surface area contributed by atoms with E-state index in [0.717, 1.165) is 33.2 Å². The Morgan fingerprint density at radius 1 is 1.09 bits per heavy atom. The Bertz CT molecular complexity index is 1510. The normalized spacial score (nSPS) is 14.7. The number of hydrogen-bond donors (Lipinski definition) is 2. The number of carboxylic acid groups (broad SMARTS) is 1. The van der Waals surface area contributed by atoms with E-state index < -0.39 is 12.1 Å². The summed E-state index contributed by atoms with van der Waals surface area (Å²) in [5.74, 6) is -2.08. The van der Waals surface area contributed by atoms with Gasteiger partial charge in [0.15, 0.2) is 5.17 Å². The number of thioether (sulfide) groups is 1. The summed E-state index contributed by atoms with van der Waals surface area (Å²) in [5, 5.41) is 13.2. The molecule has 1 amide bonds. The number of aryl methyl sites for hydroxylation is 1. The van der Waals surface area contributed by atoms with E-state index in [1.165, 1.54) is 11.8 Å². The molecule has 35 heavy (non-hydrogen) atoms. The molecule has 2 N–H and O–H groups in total. The zero-order chi connectivity index (χ0) is 25.2. The van der Waals surface area contributed by atoms with Crippen molar-refractivity contribution >= 4 is 62.5 Å². The van der Waals surface area contributed by atoms with Gasteiger partial charge in [-0.25, -0.2) is 4.79 Å². The first-order chi connectivity index (χ1) is 16.6. The summed E-state index contributed by atoms with van der Waals surface area (Å²) in [6.07, 6.45) is -1.44. The number of hydrogen-bond acceptors (Lipinski definition) is 5. The van der Waals surface area contributed by atoms with Crippen LogP contribution in [0.1, 0.15) is 5.56 Å². The lowest BCUT2D eigenvalue weighted by molar-refractivity contribution is -0.192. The molecule has 0 saturated heterocycles. The van der Waals surface area contributed by atoms with E-state index in [1.807, 2.05) is 55.6 Å². The summed E-state index contributed by atoms with van der Waals surface area (Å²) in [6.45, 7) is 0. The lowest BCUT2D eigenvalue weighted by atomic mass is 10.1. The molecule has 1 aliphatic heterocycles. The summed E-state index contributed by atoms with van der Waals surface area (Å²) in [6, 6.07) is 20.1. The summed E-state index contributed by atoms with van der Waals surface area (Å²) < 4.78 is 33.8. The van der Waals surface area contributed by atoms with Gasteiger partial charge in [0.1, 0.15) is 5.82 Å². The fourth-order valence-corrected chi connectivity index (χ4v) is 4.14. The van der Waals surface area contributed by atoms with Crippen LogP contribution in [0.5, 0.6) is 0 Å². The third kappa shape index (κ3) is 5.52. The lowest BCUT2D eigenvalue weighted by Crippen LogP contribution is -2.21. The first-order valence-corrected chi connectivity index (χ1v) is 10.9. The molecule has 0 saturated carbocycles. The highest BCUT2D eigenvalue weighted by molar-refractivity contribution is 8.18.